The van der Waals surface area contributed by atoms with Crippen LogP contribution in [-0.4, -0.2) is 84.3 Å². The summed E-state index contributed by atoms with van der Waals surface area (Å²) in [5.74, 6) is 0. The van der Waals surface area contributed by atoms with E-state index in [2.05, 4.69) is 20.1 Å². The molecular weight excluding hydrogens is 351 g/mol. The molecule has 1 N–H and O–H groups in total. The number of piperazine rings is 1. The molecule has 10 heteroatoms. The number of ether oxygens (including phenoxy) is 1. The highest BCUT2D eigenvalue weighted by Gasteiger charge is 2.27. The van der Waals surface area contributed by atoms with Crippen LogP contribution in [0.1, 0.15) is 12.8 Å². The number of carbonyl (C=O) groups excluding carboxylic acids is 1. The highest BCUT2D eigenvalue weighted by atomic mass is 19.4. The standard InChI is InChI=1S/C16H26F3N5O2/c17-16(18,19)14-26-13-3-6-22-9-11-23(12-10-22)15(25)20-4-1-7-24-8-2-5-21-24/h2,5,8H,1,3-4,6-7,9-14H2,(H,20,25). The van der Waals surface area contributed by atoms with Crippen molar-refractivity contribution >= 4 is 6.03 Å². The van der Waals surface area contributed by atoms with E-state index in [1.54, 1.807) is 11.1 Å². The summed E-state index contributed by atoms with van der Waals surface area (Å²) < 4.78 is 42.3. The molecule has 148 valence electrons. The first-order valence-corrected chi connectivity index (χ1v) is 8.81. The van der Waals surface area contributed by atoms with Crippen molar-refractivity contribution in [3.05, 3.63) is 18.5 Å². The number of rotatable bonds is 9. The van der Waals surface area contributed by atoms with Crippen molar-refractivity contribution in [3.63, 3.8) is 0 Å². The smallest absolute Gasteiger partial charge is 0.372 e. The number of urea groups is 1. The van der Waals surface area contributed by atoms with Crippen LogP contribution in [0.4, 0.5) is 18.0 Å². The molecule has 1 fully saturated rings. The Bertz CT molecular complexity index is 516. The van der Waals surface area contributed by atoms with Gasteiger partial charge in [-0.05, 0) is 18.9 Å². The Balaban J connectivity index is 1.50. The van der Waals surface area contributed by atoms with E-state index < -0.39 is 12.8 Å². The normalized spacial score (nSPS) is 16.0. The van der Waals surface area contributed by atoms with Crippen LogP contribution >= 0.6 is 0 Å². The Morgan fingerprint density at radius 2 is 1.92 bits per heavy atom. The van der Waals surface area contributed by atoms with Gasteiger partial charge in [-0.3, -0.25) is 9.58 Å². The van der Waals surface area contributed by atoms with Crippen LogP contribution in [0.25, 0.3) is 0 Å². The zero-order chi connectivity index (χ0) is 18.8. The molecule has 0 atom stereocenters. The van der Waals surface area contributed by atoms with Gasteiger partial charge in [-0.25, -0.2) is 4.79 Å². The highest BCUT2D eigenvalue weighted by molar-refractivity contribution is 5.74. The van der Waals surface area contributed by atoms with Crippen molar-refractivity contribution in [2.75, 3.05) is 52.5 Å². The number of alkyl halides is 3. The average Bonchev–Trinajstić information content (AvgIpc) is 3.11. The maximum atomic E-state index is 12.1. The fourth-order valence-electron chi connectivity index (χ4n) is 2.73. The summed E-state index contributed by atoms with van der Waals surface area (Å²) in [6.45, 7) is 3.62. The van der Waals surface area contributed by atoms with Crippen LogP contribution in [0.2, 0.25) is 0 Å². The molecule has 2 amide bonds. The van der Waals surface area contributed by atoms with E-state index in [0.29, 0.717) is 32.6 Å². The summed E-state index contributed by atoms with van der Waals surface area (Å²) in [5, 5.41) is 7.01. The quantitative estimate of drug-likeness (QED) is 0.664. The van der Waals surface area contributed by atoms with Crippen LogP contribution < -0.4 is 5.32 Å². The number of halogens is 3. The molecule has 1 aliphatic rings. The molecule has 0 bridgehead atoms. The van der Waals surface area contributed by atoms with Crippen molar-refractivity contribution in [2.45, 2.75) is 25.6 Å². The molecule has 2 rings (SSSR count). The predicted molar refractivity (Wildman–Crippen MR) is 89.7 cm³/mol. The lowest BCUT2D eigenvalue weighted by molar-refractivity contribution is -0.174. The van der Waals surface area contributed by atoms with E-state index in [4.69, 9.17) is 0 Å². The molecule has 0 radical (unpaired) electrons. The van der Waals surface area contributed by atoms with Gasteiger partial charge in [0, 0.05) is 64.8 Å². The van der Waals surface area contributed by atoms with Gasteiger partial charge in [-0.1, -0.05) is 0 Å². The van der Waals surface area contributed by atoms with Gasteiger partial charge < -0.3 is 15.0 Å². The van der Waals surface area contributed by atoms with Crippen molar-refractivity contribution in [2.24, 2.45) is 0 Å². The SMILES string of the molecule is O=C(NCCCn1cccn1)N1CCN(CCCOCC(F)(F)F)CC1. The third-order valence-corrected chi connectivity index (χ3v) is 4.09. The van der Waals surface area contributed by atoms with Crippen LogP contribution in [0, 0.1) is 0 Å². The van der Waals surface area contributed by atoms with Gasteiger partial charge in [0.1, 0.15) is 6.61 Å². The van der Waals surface area contributed by atoms with E-state index in [1.807, 2.05) is 16.9 Å². The van der Waals surface area contributed by atoms with Crippen LogP contribution in [0.5, 0.6) is 0 Å². The van der Waals surface area contributed by atoms with Crippen LogP contribution in [0.15, 0.2) is 18.5 Å². The second-order valence-electron chi connectivity index (χ2n) is 6.20. The molecule has 1 aliphatic heterocycles. The highest BCUT2D eigenvalue weighted by Crippen LogP contribution is 2.14. The Kier molecular flexibility index (Phi) is 8.17. The molecule has 2 heterocycles. The van der Waals surface area contributed by atoms with E-state index in [0.717, 1.165) is 26.1 Å². The number of nitrogens with zero attached hydrogens (tertiary/aromatic N) is 4. The lowest BCUT2D eigenvalue weighted by Gasteiger charge is -2.34. The van der Waals surface area contributed by atoms with Crippen LogP contribution in [0.3, 0.4) is 0 Å². The Labute approximate surface area is 151 Å². The number of amides is 2. The number of nitrogens with one attached hydrogen (secondary N) is 1. The minimum absolute atomic E-state index is 0.0707. The maximum Gasteiger partial charge on any atom is 0.411 e. The fourth-order valence-corrected chi connectivity index (χ4v) is 2.73. The average molecular weight is 377 g/mol. The number of carbonyl (C=O) groups is 1. The molecule has 0 unspecified atom stereocenters. The van der Waals surface area contributed by atoms with Gasteiger partial charge >= 0.3 is 12.2 Å². The number of hydrogen-bond donors (Lipinski definition) is 1. The summed E-state index contributed by atoms with van der Waals surface area (Å²) in [5.41, 5.74) is 0. The number of aromatic nitrogens is 2. The molecule has 1 aromatic rings. The molecular formula is C16H26F3N5O2. The lowest BCUT2D eigenvalue weighted by atomic mass is 10.3. The second-order valence-corrected chi connectivity index (χ2v) is 6.20. The molecule has 1 saturated heterocycles. The van der Waals surface area contributed by atoms with E-state index >= 15 is 0 Å². The van der Waals surface area contributed by atoms with E-state index in [9.17, 15) is 18.0 Å². The van der Waals surface area contributed by atoms with E-state index in [-0.39, 0.29) is 12.6 Å². The molecule has 0 saturated carbocycles. The number of aryl methyl sites for hydroxylation is 1. The van der Waals surface area contributed by atoms with Gasteiger partial charge in [0.05, 0.1) is 0 Å². The first kappa shape index (κ1) is 20.5. The molecule has 1 aromatic heterocycles. The zero-order valence-corrected chi connectivity index (χ0v) is 14.7. The first-order chi connectivity index (χ1) is 12.4. The summed E-state index contributed by atoms with van der Waals surface area (Å²) in [7, 11) is 0. The summed E-state index contributed by atoms with van der Waals surface area (Å²) >= 11 is 0. The van der Waals surface area contributed by atoms with Gasteiger partial charge in [0.25, 0.3) is 0 Å². The van der Waals surface area contributed by atoms with Crippen molar-refractivity contribution < 1.29 is 22.7 Å². The summed E-state index contributed by atoms with van der Waals surface area (Å²) in [4.78, 5) is 16.0. The monoisotopic (exact) mass is 377 g/mol. The fraction of sp³-hybridized carbons (Fsp3) is 0.750. The predicted octanol–water partition coefficient (Wildman–Crippen LogP) is 1.57. The molecule has 0 aliphatic carbocycles. The van der Waals surface area contributed by atoms with Gasteiger partial charge in [-0.2, -0.15) is 18.3 Å². The minimum atomic E-state index is -4.27. The van der Waals surface area contributed by atoms with Crippen molar-refractivity contribution in [1.82, 2.24) is 24.9 Å². The Morgan fingerprint density at radius 1 is 1.15 bits per heavy atom. The van der Waals surface area contributed by atoms with E-state index in [1.165, 1.54) is 0 Å². The molecule has 7 nitrogen and oxygen atoms in total. The third kappa shape index (κ3) is 8.05. The largest absolute Gasteiger partial charge is 0.411 e. The summed E-state index contributed by atoms with van der Waals surface area (Å²) in [6, 6.07) is 1.79. The molecule has 0 aromatic carbocycles. The summed E-state index contributed by atoms with van der Waals surface area (Å²) in [6.07, 6.45) is 0.702. The van der Waals surface area contributed by atoms with Gasteiger partial charge in [-0.15, -0.1) is 0 Å². The van der Waals surface area contributed by atoms with Crippen molar-refractivity contribution in [1.29, 1.82) is 0 Å². The second kappa shape index (κ2) is 10.4. The lowest BCUT2D eigenvalue weighted by Crippen LogP contribution is -2.52. The first-order valence-electron chi connectivity index (χ1n) is 8.81. The maximum absolute atomic E-state index is 12.1. The zero-order valence-electron chi connectivity index (χ0n) is 14.7. The van der Waals surface area contributed by atoms with Crippen LogP contribution in [-0.2, 0) is 11.3 Å². The topological polar surface area (TPSA) is 62.6 Å². The minimum Gasteiger partial charge on any atom is -0.372 e. The Morgan fingerprint density at radius 3 is 2.58 bits per heavy atom. The van der Waals surface area contributed by atoms with Crippen molar-refractivity contribution in [3.8, 4) is 0 Å². The van der Waals surface area contributed by atoms with Gasteiger partial charge in [0.2, 0.25) is 0 Å². The van der Waals surface area contributed by atoms with Gasteiger partial charge in [0.15, 0.2) is 0 Å². The molecule has 0 spiro atoms. The molecule has 26 heavy (non-hydrogen) atoms. The third-order valence-electron chi connectivity index (χ3n) is 4.09. The number of hydrogen-bond acceptors (Lipinski definition) is 4. The Hall–Kier alpha value is -1.81.